The molecule has 1 unspecified atom stereocenters. The van der Waals surface area contributed by atoms with Gasteiger partial charge in [-0.25, -0.2) is 0 Å². The van der Waals surface area contributed by atoms with Crippen molar-refractivity contribution in [2.24, 2.45) is 11.8 Å². The molecule has 1 rings (SSSR count). The fourth-order valence-electron chi connectivity index (χ4n) is 2.22. The van der Waals surface area contributed by atoms with Crippen molar-refractivity contribution in [1.82, 2.24) is 10.2 Å². The van der Waals surface area contributed by atoms with Gasteiger partial charge >= 0.3 is 5.97 Å². The fraction of sp³-hybridized carbons (Fsp3) is 0.923. The van der Waals surface area contributed by atoms with Gasteiger partial charge in [0, 0.05) is 25.2 Å². The Balaban J connectivity index is 2.68. The van der Waals surface area contributed by atoms with Crippen LogP contribution in [0.3, 0.4) is 0 Å². The van der Waals surface area contributed by atoms with Crippen LogP contribution in [0.1, 0.15) is 34.1 Å². The first-order chi connectivity index (χ1) is 7.83. The molecule has 0 bridgehead atoms. The predicted octanol–water partition coefficient (Wildman–Crippen LogP) is 1.42. The number of carboxylic acids is 1. The highest BCUT2D eigenvalue weighted by atomic mass is 16.4. The summed E-state index contributed by atoms with van der Waals surface area (Å²) in [6.45, 7) is 11.9. The summed E-state index contributed by atoms with van der Waals surface area (Å²) in [5.74, 6) is -0.320. The topological polar surface area (TPSA) is 52.6 Å². The molecule has 4 heteroatoms. The minimum atomic E-state index is -0.690. The zero-order valence-electron chi connectivity index (χ0n) is 11.5. The number of carbonyl (C=O) groups is 1. The second-order valence-electron chi connectivity index (χ2n) is 6.11. The van der Waals surface area contributed by atoms with Gasteiger partial charge in [-0.15, -0.1) is 0 Å². The second kappa shape index (κ2) is 5.83. The Bertz CT molecular complexity index is 264. The maximum absolute atomic E-state index is 11.1. The molecular formula is C13H26N2O2. The Kier molecular flexibility index (Phi) is 4.95. The summed E-state index contributed by atoms with van der Waals surface area (Å²) in [5, 5.41) is 12.4. The molecule has 0 spiro atoms. The van der Waals surface area contributed by atoms with Gasteiger partial charge in [-0.2, -0.15) is 0 Å². The van der Waals surface area contributed by atoms with E-state index < -0.39 is 5.97 Å². The standard InChI is InChI=1S/C13H26N2O2/c1-10(2)5-6-15-8-11(12(16)17)7-14-9-13(15,3)4/h10-11,14H,5-9H2,1-4H3,(H,16,17). The van der Waals surface area contributed by atoms with Gasteiger partial charge in [0.05, 0.1) is 5.92 Å². The third-order valence-corrected chi connectivity index (χ3v) is 3.57. The highest BCUT2D eigenvalue weighted by Gasteiger charge is 2.33. The van der Waals surface area contributed by atoms with Crippen molar-refractivity contribution in [3.05, 3.63) is 0 Å². The van der Waals surface area contributed by atoms with Crippen LogP contribution in [0.4, 0.5) is 0 Å². The smallest absolute Gasteiger partial charge is 0.309 e. The molecule has 1 aliphatic rings. The maximum atomic E-state index is 11.1. The molecule has 1 heterocycles. The van der Waals surface area contributed by atoms with Crippen molar-refractivity contribution in [3.8, 4) is 0 Å². The van der Waals surface area contributed by atoms with Crippen LogP contribution >= 0.6 is 0 Å². The molecule has 1 aliphatic heterocycles. The quantitative estimate of drug-likeness (QED) is 0.783. The minimum absolute atomic E-state index is 0.0408. The Morgan fingerprint density at radius 1 is 1.53 bits per heavy atom. The van der Waals surface area contributed by atoms with Gasteiger partial charge in [0.1, 0.15) is 0 Å². The molecule has 0 aromatic heterocycles. The van der Waals surface area contributed by atoms with Crippen LogP contribution in [0.2, 0.25) is 0 Å². The van der Waals surface area contributed by atoms with Gasteiger partial charge in [-0.05, 0) is 32.7 Å². The van der Waals surface area contributed by atoms with Crippen LogP contribution in [0.25, 0.3) is 0 Å². The third-order valence-electron chi connectivity index (χ3n) is 3.57. The molecule has 0 aliphatic carbocycles. The lowest BCUT2D eigenvalue weighted by Crippen LogP contribution is -2.49. The minimum Gasteiger partial charge on any atom is -0.481 e. The summed E-state index contributed by atoms with van der Waals surface area (Å²) in [4.78, 5) is 13.5. The first-order valence-corrected chi connectivity index (χ1v) is 6.51. The molecule has 1 atom stereocenters. The molecule has 0 aromatic carbocycles. The van der Waals surface area contributed by atoms with Crippen LogP contribution in [-0.2, 0) is 4.79 Å². The largest absolute Gasteiger partial charge is 0.481 e. The lowest BCUT2D eigenvalue weighted by Gasteiger charge is -2.37. The second-order valence-corrected chi connectivity index (χ2v) is 6.11. The summed E-state index contributed by atoms with van der Waals surface area (Å²) < 4.78 is 0. The van der Waals surface area contributed by atoms with E-state index in [2.05, 4.69) is 37.9 Å². The normalized spacial score (nSPS) is 25.8. The van der Waals surface area contributed by atoms with Gasteiger partial charge in [0.2, 0.25) is 0 Å². The molecule has 1 fully saturated rings. The van der Waals surface area contributed by atoms with E-state index in [-0.39, 0.29) is 11.5 Å². The van der Waals surface area contributed by atoms with E-state index in [0.29, 0.717) is 19.0 Å². The van der Waals surface area contributed by atoms with Crippen molar-refractivity contribution in [2.75, 3.05) is 26.2 Å². The first kappa shape index (κ1) is 14.5. The monoisotopic (exact) mass is 242 g/mol. The number of nitrogens with zero attached hydrogens (tertiary/aromatic N) is 1. The molecule has 0 radical (unpaired) electrons. The number of hydrogen-bond acceptors (Lipinski definition) is 3. The molecule has 0 aromatic rings. The molecule has 4 nitrogen and oxygen atoms in total. The average Bonchev–Trinajstić information content (AvgIpc) is 2.33. The van der Waals surface area contributed by atoms with Crippen LogP contribution in [-0.4, -0.2) is 47.7 Å². The SMILES string of the molecule is CC(C)CCN1CC(C(=O)O)CNCC1(C)C. The summed E-state index contributed by atoms with van der Waals surface area (Å²) in [7, 11) is 0. The summed E-state index contributed by atoms with van der Waals surface area (Å²) in [6, 6.07) is 0. The molecule has 0 amide bonds. The average molecular weight is 242 g/mol. The first-order valence-electron chi connectivity index (χ1n) is 6.51. The van der Waals surface area contributed by atoms with Crippen molar-refractivity contribution < 1.29 is 9.90 Å². The van der Waals surface area contributed by atoms with E-state index in [1.807, 2.05) is 0 Å². The molecule has 100 valence electrons. The molecular weight excluding hydrogens is 216 g/mol. The van der Waals surface area contributed by atoms with E-state index >= 15 is 0 Å². The highest BCUT2D eigenvalue weighted by molar-refractivity contribution is 5.70. The lowest BCUT2D eigenvalue weighted by molar-refractivity contribution is -0.142. The Hall–Kier alpha value is -0.610. The van der Waals surface area contributed by atoms with E-state index in [1.165, 1.54) is 0 Å². The zero-order valence-corrected chi connectivity index (χ0v) is 11.5. The fourth-order valence-corrected chi connectivity index (χ4v) is 2.22. The number of hydrogen-bond donors (Lipinski definition) is 2. The molecule has 1 saturated heterocycles. The molecule has 0 saturated carbocycles. The van der Waals surface area contributed by atoms with E-state index in [0.717, 1.165) is 19.5 Å². The molecule has 2 N–H and O–H groups in total. The van der Waals surface area contributed by atoms with Gasteiger partial charge < -0.3 is 10.4 Å². The number of aliphatic carboxylic acids is 1. The number of rotatable bonds is 4. The number of carboxylic acid groups (broad SMARTS) is 1. The lowest BCUT2D eigenvalue weighted by atomic mass is 10.0. The number of nitrogens with one attached hydrogen (secondary N) is 1. The van der Waals surface area contributed by atoms with Crippen LogP contribution in [0.5, 0.6) is 0 Å². The third kappa shape index (κ3) is 4.28. The van der Waals surface area contributed by atoms with Crippen LogP contribution in [0, 0.1) is 11.8 Å². The van der Waals surface area contributed by atoms with Gasteiger partial charge in [0.25, 0.3) is 0 Å². The maximum Gasteiger partial charge on any atom is 0.309 e. The van der Waals surface area contributed by atoms with E-state index in [1.54, 1.807) is 0 Å². The van der Waals surface area contributed by atoms with Crippen molar-refractivity contribution >= 4 is 5.97 Å². The molecule has 17 heavy (non-hydrogen) atoms. The Morgan fingerprint density at radius 2 is 2.18 bits per heavy atom. The zero-order chi connectivity index (χ0) is 13.1. The van der Waals surface area contributed by atoms with Gasteiger partial charge in [0.15, 0.2) is 0 Å². The summed E-state index contributed by atoms with van der Waals surface area (Å²) in [5.41, 5.74) is 0.0408. The summed E-state index contributed by atoms with van der Waals surface area (Å²) >= 11 is 0. The predicted molar refractivity (Wildman–Crippen MR) is 69.1 cm³/mol. The van der Waals surface area contributed by atoms with Gasteiger partial charge in [-0.1, -0.05) is 13.8 Å². The Labute approximate surface area is 104 Å². The van der Waals surface area contributed by atoms with Crippen molar-refractivity contribution in [3.63, 3.8) is 0 Å². The van der Waals surface area contributed by atoms with Crippen LogP contribution in [0.15, 0.2) is 0 Å². The van der Waals surface area contributed by atoms with E-state index in [9.17, 15) is 4.79 Å². The Morgan fingerprint density at radius 3 is 2.71 bits per heavy atom. The van der Waals surface area contributed by atoms with Crippen molar-refractivity contribution in [2.45, 2.75) is 39.7 Å². The van der Waals surface area contributed by atoms with Gasteiger partial charge in [-0.3, -0.25) is 9.69 Å². The van der Waals surface area contributed by atoms with Crippen molar-refractivity contribution in [1.29, 1.82) is 0 Å². The van der Waals surface area contributed by atoms with E-state index in [4.69, 9.17) is 5.11 Å². The highest BCUT2D eigenvalue weighted by Crippen LogP contribution is 2.20. The van der Waals surface area contributed by atoms with Crippen LogP contribution < -0.4 is 5.32 Å². The summed E-state index contributed by atoms with van der Waals surface area (Å²) in [6.07, 6.45) is 1.12.